The van der Waals surface area contributed by atoms with Gasteiger partial charge < -0.3 is 25.4 Å². The average molecular weight is 553 g/mol. The number of carbonyl (C=O) groups is 1. The Balaban J connectivity index is 1.38. The molecule has 2 aromatic heterocycles. The molecule has 1 aliphatic rings. The largest absolute Gasteiger partial charge is 0.480 e. The Labute approximate surface area is 235 Å². The van der Waals surface area contributed by atoms with Gasteiger partial charge in [-0.1, -0.05) is 6.07 Å². The standard InChI is InChI=1S/C30H41FN6O3/c1-20-33-26-18-22(31)11-13-24(26)28(34-20)36-25(29(38)39)14-17-37(19-30(2,3)40-4)16-6-5-9-23-12-10-21-8-7-15-32-27(21)35-23/h10-13,18,25H,5-9,14-17,19H2,1-4H3,(H,32,35)(H,38,39)(H,33,34,36). The lowest BCUT2D eigenvalue weighted by Crippen LogP contribution is -2.43. The molecule has 0 aliphatic carbocycles. The molecule has 1 aliphatic heterocycles. The van der Waals surface area contributed by atoms with Crippen molar-refractivity contribution in [1.82, 2.24) is 19.9 Å². The highest BCUT2D eigenvalue weighted by Crippen LogP contribution is 2.23. The predicted octanol–water partition coefficient (Wildman–Crippen LogP) is 4.84. The van der Waals surface area contributed by atoms with Gasteiger partial charge in [-0.25, -0.2) is 24.1 Å². The lowest BCUT2D eigenvalue weighted by atomic mass is 10.1. The molecule has 3 aromatic rings. The molecule has 0 radical (unpaired) electrons. The zero-order chi connectivity index (χ0) is 28.7. The topological polar surface area (TPSA) is 113 Å². The first-order valence-electron chi connectivity index (χ1n) is 14.1. The van der Waals surface area contributed by atoms with Gasteiger partial charge in [0, 0.05) is 43.9 Å². The average Bonchev–Trinajstić information content (AvgIpc) is 2.92. The van der Waals surface area contributed by atoms with Gasteiger partial charge in [0.2, 0.25) is 0 Å². The number of carboxylic acid groups (broad SMARTS) is 1. The number of hydrogen-bond donors (Lipinski definition) is 3. The first-order valence-corrected chi connectivity index (χ1v) is 14.1. The summed E-state index contributed by atoms with van der Waals surface area (Å²) in [5, 5.41) is 17.1. The van der Waals surface area contributed by atoms with E-state index in [2.05, 4.69) is 37.6 Å². The van der Waals surface area contributed by atoms with E-state index in [0.717, 1.165) is 56.7 Å². The first kappa shape index (κ1) is 29.6. The Kier molecular flexibility index (Phi) is 9.86. The van der Waals surface area contributed by atoms with Crippen LogP contribution in [0.5, 0.6) is 0 Å². The number of pyridine rings is 1. The molecule has 0 fully saturated rings. The molecule has 0 bridgehead atoms. The zero-order valence-corrected chi connectivity index (χ0v) is 24.0. The number of aliphatic carboxylic acids is 1. The number of aryl methyl sites for hydroxylation is 3. The molecule has 4 rings (SSSR count). The lowest BCUT2D eigenvalue weighted by molar-refractivity contribution is -0.138. The smallest absolute Gasteiger partial charge is 0.326 e. The van der Waals surface area contributed by atoms with Crippen molar-refractivity contribution in [2.75, 3.05) is 43.9 Å². The van der Waals surface area contributed by atoms with Crippen LogP contribution in [-0.4, -0.2) is 75.9 Å². The minimum Gasteiger partial charge on any atom is -0.480 e. The van der Waals surface area contributed by atoms with Crippen molar-refractivity contribution in [1.29, 1.82) is 0 Å². The van der Waals surface area contributed by atoms with Crippen LogP contribution in [-0.2, 0) is 22.4 Å². The van der Waals surface area contributed by atoms with E-state index in [-0.39, 0.29) is 5.60 Å². The number of nitrogens with zero attached hydrogens (tertiary/aromatic N) is 4. The van der Waals surface area contributed by atoms with Gasteiger partial charge in [-0.15, -0.1) is 0 Å². The summed E-state index contributed by atoms with van der Waals surface area (Å²) >= 11 is 0. The minimum absolute atomic E-state index is 0.360. The Bertz CT molecular complexity index is 1310. The molecule has 216 valence electrons. The van der Waals surface area contributed by atoms with Crippen LogP contribution in [0, 0.1) is 12.7 Å². The Morgan fingerprint density at radius 1 is 1.20 bits per heavy atom. The molecule has 0 spiro atoms. The summed E-state index contributed by atoms with van der Waals surface area (Å²) in [6, 6.07) is 7.68. The fourth-order valence-electron chi connectivity index (χ4n) is 5.09. The normalized spacial score (nSPS) is 14.2. The van der Waals surface area contributed by atoms with Gasteiger partial charge in [0.1, 0.15) is 29.3 Å². The highest BCUT2D eigenvalue weighted by molar-refractivity contribution is 5.91. The first-order chi connectivity index (χ1) is 19.1. The molecular formula is C30H41FN6O3. The second kappa shape index (κ2) is 13.3. The maximum Gasteiger partial charge on any atom is 0.326 e. The number of halogens is 1. The zero-order valence-electron chi connectivity index (χ0n) is 24.0. The van der Waals surface area contributed by atoms with E-state index in [0.29, 0.717) is 42.1 Å². The van der Waals surface area contributed by atoms with Gasteiger partial charge >= 0.3 is 5.97 Å². The van der Waals surface area contributed by atoms with Crippen molar-refractivity contribution < 1.29 is 19.0 Å². The predicted molar refractivity (Wildman–Crippen MR) is 155 cm³/mol. The maximum atomic E-state index is 13.8. The van der Waals surface area contributed by atoms with Gasteiger partial charge in [-0.05, 0) is 89.6 Å². The second-order valence-electron chi connectivity index (χ2n) is 11.1. The van der Waals surface area contributed by atoms with E-state index in [1.807, 2.05) is 13.8 Å². The van der Waals surface area contributed by atoms with Crippen molar-refractivity contribution in [2.24, 2.45) is 0 Å². The molecule has 1 aromatic carbocycles. The molecule has 0 amide bonds. The monoisotopic (exact) mass is 552 g/mol. The Morgan fingerprint density at radius 2 is 2.02 bits per heavy atom. The summed E-state index contributed by atoms with van der Waals surface area (Å²) in [7, 11) is 1.70. The van der Waals surface area contributed by atoms with Crippen LogP contribution < -0.4 is 10.6 Å². The number of rotatable bonds is 14. The summed E-state index contributed by atoms with van der Waals surface area (Å²) in [6.07, 6.45) is 5.43. The van der Waals surface area contributed by atoms with Crippen molar-refractivity contribution in [3.8, 4) is 0 Å². The number of anilines is 2. The van der Waals surface area contributed by atoms with Crippen molar-refractivity contribution in [3.05, 3.63) is 53.2 Å². The summed E-state index contributed by atoms with van der Waals surface area (Å²) in [6.45, 7) is 8.80. The number of benzene rings is 1. The summed E-state index contributed by atoms with van der Waals surface area (Å²) in [5.41, 5.74) is 2.45. The SMILES string of the molecule is COC(C)(C)CN(CCCCc1ccc2c(n1)NCCC2)CCC(Nc1nc(C)nc2cc(F)ccc12)C(=O)O. The van der Waals surface area contributed by atoms with Gasteiger partial charge in [0.25, 0.3) is 0 Å². The van der Waals surface area contributed by atoms with E-state index < -0.39 is 17.8 Å². The second-order valence-corrected chi connectivity index (χ2v) is 11.1. The van der Waals surface area contributed by atoms with Crippen LogP contribution in [0.4, 0.5) is 16.0 Å². The third-order valence-corrected chi connectivity index (χ3v) is 7.38. The molecule has 0 saturated heterocycles. The van der Waals surface area contributed by atoms with Gasteiger partial charge in [0.05, 0.1) is 11.1 Å². The molecule has 10 heteroatoms. The molecular weight excluding hydrogens is 511 g/mol. The number of hydrogen-bond acceptors (Lipinski definition) is 8. The van der Waals surface area contributed by atoms with Gasteiger partial charge in [-0.2, -0.15) is 0 Å². The molecule has 40 heavy (non-hydrogen) atoms. The quantitative estimate of drug-likeness (QED) is 0.242. The van der Waals surface area contributed by atoms with Gasteiger partial charge in [-0.3, -0.25) is 0 Å². The Morgan fingerprint density at radius 3 is 2.80 bits per heavy atom. The molecule has 3 heterocycles. The maximum absolute atomic E-state index is 13.8. The molecule has 3 N–H and O–H groups in total. The van der Waals surface area contributed by atoms with E-state index >= 15 is 0 Å². The fourth-order valence-corrected chi connectivity index (χ4v) is 5.09. The lowest BCUT2D eigenvalue weighted by Gasteiger charge is -2.32. The highest BCUT2D eigenvalue weighted by Gasteiger charge is 2.25. The van der Waals surface area contributed by atoms with Crippen LogP contribution >= 0.6 is 0 Å². The molecule has 0 saturated carbocycles. The van der Waals surface area contributed by atoms with Crippen LogP contribution in [0.25, 0.3) is 10.9 Å². The van der Waals surface area contributed by atoms with E-state index in [1.165, 1.54) is 17.7 Å². The summed E-state index contributed by atoms with van der Waals surface area (Å²) in [5.74, 6) is 0.491. The van der Waals surface area contributed by atoms with E-state index in [1.54, 1.807) is 20.1 Å². The number of ether oxygens (including phenoxy) is 1. The molecule has 9 nitrogen and oxygen atoms in total. The Hall–Kier alpha value is -3.37. The number of aromatic nitrogens is 3. The van der Waals surface area contributed by atoms with Gasteiger partial charge in [0.15, 0.2) is 0 Å². The van der Waals surface area contributed by atoms with Crippen LogP contribution in [0.2, 0.25) is 0 Å². The third kappa shape index (κ3) is 8.08. The van der Waals surface area contributed by atoms with E-state index in [4.69, 9.17) is 9.72 Å². The van der Waals surface area contributed by atoms with Crippen molar-refractivity contribution >= 4 is 28.5 Å². The van der Waals surface area contributed by atoms with Crippen LogP contribution in [0.3, 0.4) is 0 Å². The number of methoxy groups -OCH3 is 1. The van der Waals surface area contributed by atoms with Crippen molar-refractivity contribution in [3.63, 3.8) is 0 Å². The molecule has 1 atom stereocenters. The van der Waals surface area contributed by atoms with Crippen LogP contribution in [0.1, 0.15) is 56.6 Å². The third-order valence-electron chi connectivity index (χ3n) is 7.38. The summed E-state index contributed by atoms with van der Waals surface area (Å²) < 4.78 is 19.4. The number of unbranched alkanes of at least 4 members (excludes halogenated alkanes) is 1. The number of carboxylic acids is 1. The number of fused-ring (bicyclic) bond motifs is 2. The number of nitrogens with one attached hydrogen (secondary N) is 2. The summed E-state index contributed by atoms with van der Waals surface area (Å²) in [4.78, 5) is 28.0. The fraction of sp³-hybridized carbons (Fsp3) is 0.533. The van der Waals surface area contributed by atoms with Crippen molar-refractivity contribution in [2.45, 2.75) is 70.9 Å². The minimum atomic E-state index is -0.968. The molecule has 1 unspecified atom stereocenters. The van der Waals surface area contributed by atoms with E-state index in [9.17, 15) is 14.3 Å². The highest BCUT2D eigenvalue weighted by atomic mass is 19.1. The van der Waals surface area contributed by atoms with Crippen LogP contribution in [0.15, 0.2) is 30.3 Å².